The summed E-state index contributed by atoms with van der Waals surface area (Å²) in [6.45, 7) is 0. The first-order chi connectivity index (χ1) is 6.93. The molecule has 0 spiro atoms. The van der Waals surface area contributed by atoms with Crippen molar-refractivity contribution in [3.05, 3.63) is 40.9 Å². The van der Waals surface area contributed by atoms with Gasteiger partial charge in [-0.05, 0) is 6.08 Å². The van der Waals surface area contributed by atoms with Crippen molar-refractivity contribution in [2.75, 3.05) is 0 Å². The molecule has 2 aliphatic rings. The van der Waals surface area contributed by atoms with Gasteiger partial charge < -0.3 is 0 Å². The highest BCUT2D eigenvalue weighted by Gasteiger charge is 2.21. The van der Waals surface area contributed by atoms with E-state index in [1.807, 2.05) is 29.7 Å². The van der Waals surface area contributed by atoms with Crippen molar-refractivity contribution in [1.82, 2.24) is 4.98 Å². The van der Waals surface area contributed by atoms with Crippen molar-refractivity contribution < 1.29 is 0 Å². The van der Waals surface area contributed by atoms with Crippen molar-refractivity contribution in [3.8, 4) is 0 Å². The van der Waals surface area contributed by atoms with Crippen LogP contribution in [-0.2, 0) is 0 Å². The Morgan fingerprint density at radius 1 is 1.29 bits per heavy atom. The lowest BCUT2D eigenvalue weighted by molar-refractivity contribution is 1.10. The summed E-state index contributed by atoms with van der Waals surface area (Å²) in [5.74, 6) is 0.752. The molecule has 1 atom stereocenters. The van der Waals surface area contributed by atoms with Crippen LogP contribution in [0.1, 0.15) is 5.69 Å². The molecule has 3 nitrogen and oxygen atoms in total. The second kappa shape index (κ2) is 2.99. The van der Waals surface area contributed by atoms with E-state index in [0.717, 1.165) is 17.2 Å². The van der Waals surface area contributed by atoms with Crippen LogP contribution in [0.4, 0.5) is 0 Å². The van der Waals surface area contributed by atoms with Gasteiger partial charge in [0, 0.05) is 5.38 Å². The maximum absolute atomic E-state index is 4.47. The van der Waals surface area contributed by atoms with Crippen molar-refractivity contribution in [2.24, 2.45) is 9.98 Å². The van der Waals surface area contributed by atoms with Crippen LogP contribution < -0.4 is 0 Å². The van der Waals surface area contributed by atoms with Gasteiger partial charge in [-0.3, -0.25) is 4.99 Å². The third-order valence-corrected chi connectivity index (χ3v) is 2.72. The summed E-state index contributed by atoms with van der Waals surface area (Å²) in [5, 5.41) is 1.97. The van der Waals surface area contributed by atoms with Crippen LogP contribution in [-0.4, -0.2) is 22.6 Å². The lowest BCUT2D eigenvalue weighted by Gasteiger charge is -2.02. The third kappa shape index (κ3) is 1.15. The largest absolute Gasteiger partial charge is 0.251 e. The fourth-order valence-electron chi connectivity index (χ4n) is 1.46. The summed E-state index contributed by atoms with van der Waals surface area (Å²) in [4.78, 5) is 13.1. The molecular formula is C10H7N3S. The first-order valence-corrected chi connectivity index (χ1v) is 5.27. The third-order valence-electron chi connectivity index (χ3n) is 2.13. The summed E-state index contributed by atoms with van der Waals surface area (Å²) in [6.07, 6.45) is 8.01. The standard InChI is InChI=1S/C10H7N3S/c1-2-4-8-7(3-1)12-10(13-8)9-5-14-6-11-9/h1-7H/t7-/m0/s1. The average molecular weight is 201 g/mol. The number of hydrogen-bond acceptors (Lipinski definition) is 4. The summed E-state index contributed by atoms with van der Waals surface area (Å²) >= 11 is 1.56. The van der Waals surface area contributed by atoms with E-state index in [1.165, 1.54) is 0 Å². The Kier molecular flexibility index (Phi) is 1.67. The Morgan fingerprint density at radius 2 is 2.29 bits per heavy atom. The molecule has 3 rings (SSSR count). The lowest BCUT2D eigenvalue weighted by atomic mass is 10.1. The summed E-state index contributed by atoms with van der Waals surface area (Å²) < 4.78 is 0. The van der Waals surface area contributed by atoms with E-state index in [4.69, 9.17) is 0 Å². The number of thiazole rings is 1. The van der Waals surface area contributed by atoms with Crippen molar-refractivity contribution in [2.45, 2.75) is 6.04 Å². The van der Waals surface area contributed by atoms with Gasteiger partial charge in [0.05, 0.1) is 11.2 Å². The molecule has 4 heteroatoms. The maximum atomic E-state index is 4.47. The van der Waals surface area contributed by atoms with Gasteiger partial charge >= 0.3 is 0 Å². The fourth-order valence-corrected chi connectivity index (χ4v) is 1.99. The average Bonchev–Trinajstić information content (AvgIpc) is 2.86. The van der Waals surface area contributed by atoms with Crippen molar-refractivity contribution >= 4 is 22.9 Å². The Labute approximate surface area is 85.2 Å². The molecule has 0 radical (unpaired) electrons. The van der Waals surface area contributed by atoms with E-state index in [-0.39, 0.29) is 6.04 Å². The highest BCUT2D eigenvalue weighted by atomic mass is 32.1. The SMILES string of the molecule is C1=CC2=NC(c3cscn3)=N[C@H]2C=C1. The number of allylic oxidation sites excluding steroid dienone is 2. The number of rotatable bonds is 1. The van der Waals surface area contributed by atoms with Crippen LogP contribution in [0.2, 0.25) is 0 Å². The van der Waals surface area contributed by atoms with E-state index < -0.39 is 0 Å². The predicted octanol–water partition coefficient (Wildman–Crippen LogP) is 1.84. The first-order valence-electron chi connectivity index (χ1n) is 4.33. The molecule has 1 aromatic heterocycles. The molecule has 0 amide bonds. The summed E-state index contributed by atoms with van der Waals surface area (Å²) in [7, 11) is 0. The molecule has 0 saturated carbocycles. The van der Waals surface area contributed by atoms with Gasteiger partial charge in [0.1, 0.15) is 11.7 Å². The fraction of sp³-hybridized carbons (Fsp3) is 0.100. The number of aromatic nitrogens is 1. The van der Waals surface area contributed by atoms with Gasteiger partial charge in [-0.1, -0.05) is 18.2 Å². The quantitative estimate of drug-likeness (QED) is 0.683. The Hall–Kier alpha value is -1.55. The molecule has 1 aliphatic heterocycles. The second-order valence-electron chi connectivity index (χ2n) is 3.05. The normalized spacial score (nSPS) is 23.3. The molecule has 1 aliphatic carbocycles. The zero-order valence-electron chi connectivity index (χ0n) is 7.29. The van der Waals surface area contributed by atoms with E-state index in [0.29, 0.717) is 0 Å². The first kappa shape index (κ1) is 7.82. The highest BCUT2D eigenvalue weighted by molar-refractivity contribution is 7.07. The molecular weight excluding hydrogens is 194 g/mol. The molecule has 68 valence electrons. The van der Waals surface area contributed by atoms with E-state index >= 15 is 0 Å². The Morgan fingerprint density at radius 3 is 3.07 bits per heavy atom. The zero-order chi connectivity index (χ0) is 9.38. The molecule has 0 N–H and O–H groups in total. The highest BCUT2D eigenvalue weighted by Crippen LogP contribution is 2.16. The van der Waals surface area contributed by atoms with Gasteiger partial charge in [-0.2, -0.15) is 0 Å². The minimum atomic E-state index is 0.108. The lowest BCUT2D eigenvalue weighted by Crippen LogP contribution is -2.11. The van der Waals surface area contributed by atoms with Crippen molar-refractivity contribution in [1.29, 1.82) is 0 Å². The van der Waals surface area contributed by atoms with Gasteiger partial charge in [0.25, 0.3) is 0 Å². The number of nitrogens with zero attached hydrogens (tertiary/aromatic N) is 3. The van der Waals surface area contributed by atoms with Crippen molar-refractivity contribution in [3.63, 3.8) is 0 Å². The second-order valence-corrected chi connectivity index (χ2v) is 3.77. The van der Waals surface area contributed by atoms with Crippen LogP contribution in [0.5, 0.6) is 0 Å². The number of hydrogen-bond donors (Lipinski definition) is 0. The van der Waals surface area contributed by atoms with Crippen LogP contribution >= 0.6 is 11.3 Å². The smallest absolute Gasteiger partial charge is 0.175 e. The van der Waals surface area contributed by atoms with E-state index in [2.05, 4.69) is 15.0 Å². The number of amidine groups is 1. The van der Waals surface area contributed by atoms with Crippen LogP contribution in [0.15, 0.2) is 45.2 Å². The van der Waals surface area contributed by atoms with Gasteiger partial charge in [-0.15, -0.1) is 11.3 Å². The molecule has 0 unspecified atom stereocenters. The molecule has 0 aromatic carbocycles. The van der Waals surface area contributed by atoms with E-state index in [1.54, 1.807) is 16.8 Å². The minimum absolute atomic E-state index is 0.108. The molecule has 0 bridgehead atoms. The monoisotopic (exact) mass is 201 g/mol. The predicted molar refractivity (Wildman–Crippen MR) is 58.2 cm³/mol. The Bertz CT molecular complexity index is 466. The van der Waals surface area contributed by atoms with Gasteiger partial charge in [0.15, 0.2) is 5.84 Å². The van der Waals surface area contributed by atoms with Crippen LogP contribution in [0.3, 0.4) is 0 Å². The topological polar surface area (TPSA) is 37.6 Å². The molecule has 0 saturated heterocycles. The number of aliphatic imine (C=N–C) groups is 2. The van der Waals surface area contributed by atoms with Crippen LogP contribution in [0.25, 0.3) is 0 Å². The molecule has 2 heterocycles. The Balaban J connectivity index is 2.02. The van der Waals surface area contributed by atoms with Gasteiger partial charge in [0.2, 0.25) is 0 Å². The summed E-state index contributed by atoms with van der Waals surface area (Å²) in [6, 6.07) is 0.108. The molecule has 1 aromatic rings. The zero-order valence-corrected chi connectivity index (χ0v) is 8.11. The molecule has 0 fully saturated rings. The number of fused-ring (bicyclic) bond motifs is 1. The summed E-state index contributed by atoms with van der Waals surface area (Å²) in [5.41, 5.74) is 3.68. The maximum Gasteiger partial charge on any atom is 0.175 e. The molecule has 14 heavy (non-hydrogen) atoms. The minimum Gasteiger partial charge on any atom is -0.251 e. The van der Waals surface area contributed by atoms with Gasteiger partial charge in [-0.25, -0.2) is 9.98 Å². The van der Waals surface area contributed by atoms with E-state index in [9.17, 15) is 0 Å². The van der Waals surface area contributed by atoms with Crippen LogP contribution in [0, 0.1) is 0 Å².